The average Bonchev–Trinajstić information content (AvgIpc) is 3.03. The van der Waals surface area contributed by atoms with Crippen molar-refractivity contribution in [2.45, 2.75) is 38.8 Å². The summed E-state index contributed by atoms with van der Waals surface area (Å²) in [6.45, 7) is 8.47. The van der Waals surface area contributed by atoms with Crippen molar-refractivity contribution in [3.63, 3.8) is 0 Å². The molecule has 4 atom stereocenters. The summed E-state index contributed by atoms with van der Waals surface area (Å²) < 4.78 is 19.8. The molecule has 0 bridgehead atoms. The molecule has 3 fully saturated rings. The van der Waals surface area contributed by atoms with E-state index in [2.05, 4.69) is 27.9 Å². The van der Waals surface area contributed by atoms with E-state index in [-0.39, 0.29) is 0 Å². The summed E-state index contributed by atoms with van der Waals surface area (Å²) in [6, 6.07) is 1.06. The molecule has 5 heteroatoms. The van der Waals surface area contributed by atoms with Crippen LogP contribution < -0.4 is 0 Å². The normalized spacial score (nSPS) is 48.9. The Balaban J connectivity index is 1.84. The molecule has 3 heterocycles. The highest BCUT2D eigenvalue weighted by Crippen LogP contribution is 2.66. The first kappa shape index (κ1) is 10.3. The fourth-order valence-corrected chi connectivity index (χ4v) is 6.28. The molecule has 0 aromatic carbocycles. The summed E-state index contributed by atoms with van der Waals surface area (Å²) in [4.78, 5) is 0. The maximum atomic E-state index is 13.1. The number of rotatable bonds is 3. The first-order valence-electron chi connectivity index (χ1n) is 6.04. The van der Waals surface area contributed by atoms with Gasteiger partial charge in [-0.25, -0.2) is 14.0 Å². The van der Waals surface area contributed by atoms with Crippen molar-refractivity contribution in [1.29, 1.82) is 0 Å². The van der Waals surface area contributed by atoms with Gasteiger partial charge in [0.2, 0.25) is 0 Å². The molecule has 3 saturated heterocycles. The van der Waals surface area contributed by atoms with Crippen LogP contribution in [0.15, 0.2) is 0 Å². The SMILES string of the molecule is C[C@@H]1CN1P(=O)(N1CCCC1)N1C[C@H]1C. The Morgan fingerprint density at radius 1 is 1.00 bits per heavy atom. The van der Waals surface area contributed by atoms with Gasteiger partial charge in [-0.15, -0.1) is 0 Å². The Kier molecular flexibility index (Phi) is 2.26. The van der Waals surface area contributed by atoms with E-state index in [0.29, 0.717) is 12.1 Å². The zero-order valence-corrected chi connectivity index (χ0v) is 10.5. The Morgan fingerprint density at radius 3 is 1.73 bits per heavy atom. The van der Waals surface area contributed by atoms with E-state index < -0.39 is 7.59 Å². The zero-order valence-electron chi connectivity index (χ0n) is 9.59. The van der Waals surface area contributed by atoms with E-state index in [4.69, 9.17) is 0 Å². The summed E-state index contributed by atoms with van der Waals surface area (Å²) in [5.41, 5.74) is 0. The molecule has 0 aromatic heterocycles. The summed E-state index contributed by atoms with van der Waals surface area (Å²) in [6.07, 6.45) is 2.43. The third kappa shape index (κ3) is 1.50. The van der Waals surface area contributed by atoms with Crippen molar-refractivity contribution in [2.24, 2.45) is 0 Å². The lowest BCUT2D eigenvalue weighted by molar-refractivity contribution is 0.402. The van der Waals surface area contributed by atoms with Gasteiger partial charge in [0.15, 0.2) is 0 Å². The Labute approximate surface area is 91.7 Å². The van der Waals surface area contributed by atoms with Gasteiger partial charge in [0, 0.05) is 38.3 Å². The largest absolute Gasteiger partial charge is 0.287 e. The molecular weight excluding hydrogens is 209 g/mol. The standard InChI is InChI=1S/C10H20N3OP/c1-9-7-12(9)15(14,13-8-10(13)2)11-5-3-4-6-11/h9-10H,3-8H2,1-2H3/t9-,10-,12?,13?,15?/m1/s1. The van der Waals surface area contributed by atoms with Crippen molar-refractivity contribution >= 4 is 7.59 Å². The Bertz CT molecular complexity index is 296. The summed E-state index contributed by atoms with van der Waals surface area (Å²) in [7, 11) is -2.30. The molecule has 0 N–H and O–H groups in total. The number of nitrogens with zero attached hydrogens (tertiary/aromatic N) is 3. The fraction of sp³-hybridized carbons (Fsp3) is 1.00. The van der Waals surface area contributed by atoms with E-state index in [9.17, 15) is 4.57 Å². The number of hydrogen-bond acceptors (Lipinski definition) is 1. The number of hydrogen-bond donors (Lipinski definition) is 0. The van der Waals surface area contributed by atoms with Crippen LogP contribution in [0.3, 0.4) is 0 Å². The predicted molar refractivity (Wildman–Crippen MR) is 60.7 cm³/mol. The molecule has 3 rings (SSSR count). The zero-order chi connectivity index (χ0) is 10.6. The summed E-state index contributed by atoms with van der Waals surface area (Å²) in [5, 5.41) is 0. The van der Waals surface area contributed by atoms with E-state index in [1.54, 1.807) is 0 Å². The molecule has 4 nitrogen and oxygen atoms in total. The van der Waals surface area contributed by atoms with Gasteiger partial charge in [-0.3, -0.25) is 4.57 Å². The van der Waals surface area contributed by atoms with Crippen molar-refractivity contribution in [2.75, 3.05) is 26.2 Å². The van der Waals surface area contributed by atoms with E-state index >= 15 is 0 Å². The summed E-state index contributed by atoms with van der Waals surface area (Å²) >= 11 is 0. The van der Waals surface area contributed by atoms with Gasteiger partial charge in [0.25, 0.3) is 7.59 Å². The fourth-order valence-electron chi connectivity index (χ4n) is 2.61. The van der Waals surface area contributed by atoms with Crippen molar-refractivity contribution in [1.82, 2.24) is 14.0 Å². The minimum Gasteiger partial charge on any atom is -0.270 e. The van der Waals surface area contributed by atoms with Crippen LogP contribution in [-0.4, -0.2) is 52.3 Å². The lowest BCUT2D eigenvalue weighted by atomic mass is 10.4. The van der Waals surface area contributed by atoms with E-state index in [1.165, 1.54) is 12.8 Å². The second-order valence-electron chi connectivity index (χ2n) is 5.12. The lowest BCUT2D eigenvalue weighted by Crippen LogP contribution is -2.26. The van der Waals surface area contributed by atoms with E-state index in [0.717, 1.165) is 26.2 Å². The minimum absolute atomic E-state index is 0.532. The van der Waals surface area contributed by atoms with Crippen LogP contribution in [0.5, 0.6) is 0 Å². The Morgan fingerprint density at radius 2 is 1.40 bits per heavy atom. The molecule has 86 valence electrons. The van der Waals surface area contributed by atoms with Gasteiger partial charge < -0.3 is 0 Å². The van der Waals surface area contributed by atoms with Crippen LogP contribution in [0, 0.1) is 0 Å². The highest BCUT2D eigenvalue weighted by Gasteiger charge is 2.58. The van der Waals surface area contributed by atoms with Crippen LogP contribution in [0.4, 0.5) is 0 Å². The third-order valence-electron chi connectivity index (χ3n) is 3.77. The molecule has 3 aliphatic rings. The molecule has 0 radical (unpaired) electrons. The second-order valence-corrected chi connectivity index (χ2v) is 7.74. The minimum atomic E-state index is -2.30. The molecular formula is C10H20N3OP. The van der Waals surface area contributed by atoms with Gasteiger partial charge in [-0.2, -0.15) is 0 Å². The third-order valence-corrected chi connectivity index (χ3v) is 7.36. The lowest BCUT2D eigenvalue weighted by Gasteiger charge is -2.30. The monoisotopic (exact) mass is 229 g/mol. The first-order chi connectivity index (χ1) is 7.14. The van der Waals surface area contributed by atoms with Crippen molar-refractivity contribution in [3.05, 3.63) is 0 Å². The van der Waals surface area contributed by atoms with Gasteiger partial charge >= 0.3 is 0 Å². The molecule has 15 heavy (non-hydrogen) atoms. The topological polar surface area (TPSA) is 26.3 Å². The van der Waals surface area contributed by atoms with Crippen molar-refractivity contribution in [3.8, 4) is 0 Å². The average molecular weight is 229 g/mol. The Hall–Kier alpha value is 0.110. The van der Waals surface area contributed by atoms with Gasteiger partial charge in [0.1, 0.15) is 0 Å². The molecule has 3 aliphatic heterocycles. The first-order valence-corrected chi connectivity index (χ1v) is 7.60. The molecule has 0 saturated carbocycles. The van der Waals surface area contributed by atoms with E-state index in [1.807, 2.05) is 0 Å². The van der Waals surface area contributed by atoms with Gasteiger partial charge in [0.05, 0.1) is 0 Å². The van der Waals surface area contributed by atoms with Crippen LogP contribution in [-0.2, 0) is 4.57 Å². The molecule has 0 amide bonds. The van der Waals surface area contributed by atoms with Crippen LogP contribution in [0.25, 0.3) is 0 Å². The van der Waals surface area contributed by atoms with Gasteiger partial charge in [-0.1, -0.05) is 0 Å². The van der Waals surface area contributed by atoms with Crippen LogP contribution >= 0.6 is 7.59 Å². The molecule has 2 unspecified atom stereocenters. The molecule has 0 aliphatic carbocycles. The predicted octanol–water partition coefficient (Wildman–Crippen LogP) is 1.60. The summed E-state index contributed by atoms with van der Waals surface area (Å²) in [5.74, 6) is 0. The van der Waals surface area contributed by atoms with Crippen LogP contribution in [0.2, 0.25) is 0 Å². The quantitative estimate of drug-likeness (QED) is 0.542. The highest BCUT2D eigenvalue weighted by atomic mass is 31.2. The maximum Gasteiger partial charge on any atom is 0.287 e. The van der Waals surface area contributed by atoms with Crippen LogP contribution in [0.1, 0.15) is 26.7 Å². The highest BCUT2D eigenvalue weighted by molar-refractivity contribution is 7.57. The molecule has 0 spiro atoms. The maximum absolute atomic E-state index is 13.1. The second kappa shape index (κ2) is 3.30. The smallest absolute Gasteiger partial charge is 0.270 e. The molecule has 0 aromatic rings. The van der Waals surface area contributed by atoms with Crippen molar-refractivity contribution < 1.29 is 4.57 Å². The van der Waals surface area contributed by atoms with Gasteiger partial charge in [-0.05, 0) is 26.7 Å².